The summed E-state index contributed by atoms with van der Waals surface area (Å²) in [6.45, 7) is -0.231. The third kappa shape index (κ3) is 4.47. The Kier molecular flexibility index (Phi) is 5.18. The van der Waals surface area contributed by atoms with Gasteiger partial charge in [-0.3, -0.25) is 4.79 Å². The van der Waals surface area contributed by atoms with Gasteiger partial charge in [0.15, 0.2) is 0 Å². The minimum atomic E-state index is -0.376. The van der Waals surface area contributed by atoms with Crippen molar-refractivity contribution in [2.75, 3.05) is 11.9 Å². The van der Waals surface area contributed by atoms with Gasteiger partial charge >= 0.3 is 0 Å². The molecule has 4 nitrogen and oxygen atoms in total. The molecule has 1 heterocycles. The first-order valence-corrected chi connectivity index (χ1v) is 6.67. The topological polar surface area (TPSA) is 62.2 Å². The summed E-state index contributed by atoms with van der Waals surface area (Å²) in [5.74, 6) is 5.23. The lowest BCUT2D eigenvalue weighted by Crippen LogP contribution is -2.13. The van der Waals surface area contributed by atoms with Crippen LogP contribution in [0.2, 0.25) is 10.0 Å². The Morgan fingerprint density at radius 3 is 2.62 bits per heavy atom. The maximum Gasteiger partial charge on any atom is 0.256 e. The lowest BCUT2D eigenvalue weighted by Gasteiger charge is -2.05. The number of aliphatic hydroxyl groups excluding tert-OH is 1. The van der Waals surface area contributed by atoms with Crippen molar-refractivity contribution in [1.29, 1.82) is 0 Å². The Balaban J connectivity index is 2.19. The molecule has 2 aromatic rings. The Bertz CT molecular complexity index is 716. The standard InChI is InChI=1S/C15H10Cl2N2O2/c16-12-7-11(8-13(17)9-12)15(21)19-14-6-10(2-1-5-20)3-4-18-14/h3-4,6-9,20H,5H2,(H,18,19,21). The van der Waals surface area contributed by atoms with Crippen molar-refractivity contribution in [1.82, 2.24) is 4.98 Å². The van der Waals surface area contributed by atoms with E-state index in [-0.39, 0.29) is 12.5 Å². The zero-order valence-corrected chi connectivity index (χ0v) is 12.2. The molecule has 0 atom stereocenters. The molecule has 0 bridgehead atoms. The molecule has 0 saturated carbocycles. The number of anilines is 1. The monoisotopic (exact) mass is 320 g/mol. The van der Waals surface area contributed by atoms with Gasteiger partial charge in [0, 0.05) is 27.4 Å². The van der Waals surface area contributed by atoms with E-state index in [1.165, 1.54) is 18.3 Å². The molecule has 1 amide bonds. The zero-order valence-electron chi connectivity index (χ0n) is 10.7. The van der Waals surface area contributed by atoms with Crippen LogP contribution >= 0.6 is 23.2 Å². The Morgan fingerprint density at radius 2 is 1.95 bits per heavy atom. The van der Waals surface area contributed by atoms with Gasteiger partial charge in [-0.15, -0.1) is 0 Å². The van der Waals surface area contributed by atoms with E-state index in [9.17, 15) is 4.79 Å². The predicted molar refractivity (Wildman–Crippen MR) is 82.6 cm³/mol. The number of carbonyl (C=O) groups is 1. The van der Waals surface area contributed by atoms with Gasteiger partial charge in [0.25, 0.3) is 5.91 Å². The SMILES string of the molecule is O=C(Nc1cc(C#CCO)ccn1)c1cc(Cl)cc(Cl)c1. The molecule has 0 unspecified atom stereocenters. The molecule has 2 N–H and O–H groups in total. The van der Waals surface area contributed by atoms with E-state index < -0.39 is 0 Å². The number of hydrogen-bond acceptors (Lipinski definition) is 3. The van der Waals surface area contributed by atoms with Crippen LogP contribution in [0, 0.1) is 11.8 Å². The summed E-state index contributed by atoms with van der Waals surface area (Å²) in [5.41, 5.74) is 0.972. The highest BCUT2D eigenvalue weighted by Gasteiger charge is 2.09. The number of rotatable bonds is 2. The minimum Gasteiger partial charge on any atom is -0.384 e. The molecule has 0 aliphatic carbocycles. The number of hydrogen-bond donors (Lipinski definition) is 2. The number of amides is 1. The summed E-state index contributed by atoms with van der Waals surface area (Å²) in [4.78, 5) is 16.1. The van der Waals surface area contributed by atoms with Crippen molar-refractivity contribution < 1.29 is 9.90 Å². The van der Waals surface area contributed by atoms with Crippen LogP contribution in [0.4, 0.5) is 5.82 Å². The molecular weight excluding hydrogens is 311 g/mol. The highest BCUT2D eigenvalue weighted by atomic mass is 35.5. The molecule has 0 saturated heterocycles. The van der Waals surface area contributed by atoms with Crippen molar-refractivity contribution in [2.24, 2.45) is 0 Å². The summed E-state index contributed by atoms with van der Waals surface area (Å²) in [7, 11) is 0. The van der Waals surface area contributed by atoms with E-state index in [4.69, 9.17) is 28.3 Å². The van der Waals surface area contributed by atoms with Crippen molar-refractivity contribution in [2.45, 2.75) is 0 Å². The van der Waals surface area contributed by atoms with Crippen LogP contribution in [0.5, 0.6) is 0 Å². The number of halogens is 2. The van der Waals surface area contributed by atoms with Gasteiger partial charge in [0.05, 0.1) is 0 Å². The highest BCUT2D eigenvalue weighted by molar-refractivity contribution is 6.35. The predicted octanol–water partition coefficient (Wildman–Crippen LogP) is 2.98. The Labute approximate surface area is 131 Å². The molecule has 1 aromatic heterocycles. The second-order valence-electron chi connectivity index (χ2n) is 4.00. The van der Waals surface area contributed by atoms with Crippen molar-refractivity contribution in [3.05, 3.63) is 57.7 Å². The number of nitrogens with zero attached hydrogens (tertiary/aromatic N) is 1. The first-order chi connectivity index (χ1) is 10.1. The van der Waals surface area contributed by atoms with Crippen LogP contribution in [0.3, 0.4) is 0 Å². The van der Waals surface area contributed by atoms with Crippen molar-refractivity contribution in [3.63, 3.8) is 0 Å². The Hall–Kier alpha value is -2.06. The van der Waals surface area contributed by atoms with Crippen LogP contribution in [-0.4, -0.2) is 22.6 Å². The van der Waals surface area contributed by atoms with E-state index in [0.29, 0.717) is 27.0 Å². The summed E-state index contributed by atoms with van der Waals surface area (Å²) in [6, 6.07) is 7.85. The quantitative estimate of drug-likeness (QED) is 0.836. The number of benzene rings is 1. The van der Waals surface area contributed by atoms with Gasteiger partial charge < -0.3 is 10.4 Å². The second kappa shape index (κ2) is 7.09. The summed E-state index contributed by atoms with van der Waals surface area (Å²) in [5, 5.41) is 12.0. The van der Waals surface area contributed by atoms with E-state index >= 15 is 0 Å². The second-order valence-corrected chi connectivity index (χ2v) is 4.87. The zero-order chi connectivity index (χ0) is 15.2. The lowest BCUT2D eigenvalue weighted by molar-refractivity contribution is 0.102. The third-order valence-corrected chi connectivity index (χ3v) is 2.87. The molecule has 2 rings (SSSR count). The molecule has 0 spiro atoms. The summed E-state index contributed by atoms with van der Waals surface area (Å²) in [6.07, 6.45) is 1.52. The fourth-order valence-electron chi connectivity index (χ4n) is 1.59. The minimum absolute atomic E-state index is 0.231. The normalized spacial score (nSPS) is 9.67. The fourth-order valence-corrected chi connectivity index (χ4v) is 2.12. The summed E-state index contributed by atoms with van der Waals surface area (Å²) >= 11 is 11.7. The van der Waals surface area contributed by atoms with Crippen LogP contribution in [0.1, 0.15) is 15.9 Å². The van der Waals surface area contributed by atoms with Gasteiger partial charge in [-0.25, -0.2) is 4.98 Å². The van der Waals surface area contributed by atoms with Crippen LogP contribution in [-0.2, 0) is 0 Å². The number of carbonyl (C=O) groups excluding carboxylic acids is 1. The highest BCUT2D eigenvalue weighted by Crippen LogP contribution is 2.19. The number of pyridine rings is 1. The molecule has 0 fully saturated rings. The lowest BCUT2D eigenvalue weighted by atomic mass is 10.2. The first kappa shape index (κ1) is 15.3. The molecule has 106 valence electrons. The van der Waals surface area contributed by atoms with E-state index in [1.807, 2.05) is 0 Å². The molecule has 6 heteroatoms. The van der Waals surface area contributed by atoms with Crippen molar-refractivity contribution >= 4 is 34.9 Å². The summed E-state index contributed by atoms with van der Waals surface area (Å²) < 4.78 is 0. The van der Waals surface area contributed by atoms with Crippen LogP contribution in [0.15, 0.2) is 36.5 Å². The maximum atomic E-state index is 12.1. The average molecular weight is 321 g/mol. The first-order valence-electron chi connectivity index (χ1n) is 5.92. The van der Waals surface area contributed by atoms with Gasteiger partial charge in [-0.2, -0.15) is 0 Å². The third-order valence-electron chi connectivity index (χ3n) is 2.44. The van der Waals surface area contributed by atoms with Gasteiger partial charge in [-0.1, -0.05) is 35.0 Å². The van der Waals surface area contributed by atoms with Gasteiger partial charge in [-0.05, 0) is 30.3 Å². The van der Waals surface area contributed by atoms with Crippen LogP contribution in [0.25, 0.3) is 0 Å². The molecule has 0 aliphatic heterocycles. The molecule has 0 radical (unpaired) electrons. The number of nitrogens with one attached hydrogen (secondary N) is 1. The maximum absolute atomic E-state index is 12.1. The smallest absolute Gasteiger partial charge is 0.256 e. The number of aromatic nitrogens is 1. The average Bonchev–Trinajstić information content (AvgIpc) is 2.44. The fraction of sp³-hybridized carbons (Fsp3) is 0.0667. The Morgan fingerprint density at radius 1 is 1.24 bits per heavy atom. The van der Waals surface area contributed by atoms with Crippen LogP contribution < -0.4 is 5.32 Å². The number of aliphatic hydroxyl groups is 1. The molecule has 0 aliphatic rings. The van der Waals surface area contributed by atoms with Gasteiger partial charge in [0.1, 0.15) is 12.4 Å². The van der Waals surface area contributed by atoms with E-state index in [1.54, 1.807) is 18.2 Å². The van der Waals surface area contributed by atoms with E-state index in [0.717, 1.165) is 0 Å². The van der Waals surface area contributed by atoms with E-state index in [2.05, 4.69) is 22.1 Å². The van der Waals surface area contributed by atoms with Crippen molar-refractivity contribution in [3.8, 4) is 11.8 Å². The van der Waals surface area contributed by atoms with Gasteiger partial charge in [0.2, 0.25) is 0 Å². The molecule has 21 heavy (non-hydrogen) atoms. The molecule has 1 aromatic carbocycles. The molecular formula is C15H10Cl2N2O2. The largest absolute Gasteiger partial charge is 0.384 e.